The molecule has 0 saturated heterocycles. The summed E-state index contributed by atoms with van der Waals surface area (Å²) in [5.74, 6) is 0.525. The molecule has 4 nitrogen and oxygen atoms in total. The predicted octanol–water partition coefficient (Wildman–Crippen LogP) is 2.83. The summed E-state index contributed by atoms with van der Waals surface area (Å²) in [7, 11) is 0. The fourth-order valence-electron chi connectivity index (χ4n) is 2.19. The van der Waals surface area contributed by atoms with E-state index in [4.69, 9.17) is 0 Å². The van der Waals surface area contributed by atoms with Crippen LogP contribution in [0.2, 0.25) is 0 Å². The van der Waals surface area contributed by atoms with Gasteiger partial charge in [0.15, 0.2) is 0 Å². The molecule has 120 valence electrons. The zero-order chi connectivity index (χ0) is 15.8. The van der Waals surface area contributed by atoms with Crippen LogP contribution in [0, 0.1) is 11.8 Å². The molecule has 1 atom stereocenters. The summed E-state index contributed by atoms with van der Waals surface area (Å²) in [5, 5.41) is 12.6. The summed E-state index contributed by atoms with van der Waals surface area (Å²) >= 11 is 0. The van der Waals surface area contributed by atoms with Crippen molar-refractivity contribution in [1.29, 1.82) is 0 Å². The lowest BCUT2D eigenvalue weighted by Gasteiger charge is -2.33. The molecule has 0 aliphatic heterocycles. The average molecular weight is 286 g/mol. The van der Waals surface area contributed by atoms with Crippen LogP contribution in [-0.2, 0) is 4.79 Å². The van der Waals surface area contributed by atoms with E-state index in [2.05, 4.69) is 37.9 Å². The van der Waals surface area contributed by atoms with E-state index in [1.54, 1.807) is 6.92 Å². The van der Waals surface area contributed by atoms with E-state index in [1.165, 1.54) is 0 Å². The first-order chi connectivity index (χ1) is 9.21. The number of rotatable bonds is 11. The Morgan fingerprint density at radius 3 is 1.90 bits per heavy atom. The van der Waals surface area contributed by atoms with Crippen LogP contribution in [0.3, 0.4) is 0 Å². The molecule has 0 fully saturated rings. The number of aliphatic carboxylic acids is 1. The second-order valence-electron chi connectivity index (χ2n) is 6.81. The zero-order valence-electron chi connectivity index (χ0n) is 14.2. The first-order valence-corrected chi connectivity index (χ1v) is 7.92. The summed E-state index contributed by atoms with van der Waals surface area (Å²) < 4.78 is 0. The van der Waals surface area contributed by atoms with Gasteiger partial charge in [-0.3, -0.25) is 4.79 Å². The summed E-state index contributed by atoms with van der Waals surface area (Å²) in [6, 6.07) is 0. The zero-order valence-corrected chi connectivity index (χ0v) is 14.2. The Kier molecular flexibility index (Phi) is 9.06. The maximum absolute atomic E-state index is 11.5. The third-order valence-electron chi connectivity index (χ3n) is 3.62. The fraction of sp³-hybridized carbons (Fsp3) is 0.938. The van der Waals surface area contributed by atoms with Crippen molar-refractivity contribution in [2.75, 3.05) is 26.2 Å². The number of likely N-dealkylation sites (N-methyl/N-ethyl adjacent to an activating group) is 1. The number of carboxylic acid groups (broad SMARTS) is 1. The number of hydrogen-bond donors (Lipinski definition) is 2. The number of nitrogens with one attached hydrogen (secondary N) is 1. The molecule has 4 heteroatoms. The first-order valence-electron chi connectivity index (χ1n) is 7.92. The van der Waals surface area contributed by atoms with E-state index in [-0.39, 0.29) is 0 Å². The Morgan fingerprint density at radius 1 is 1.15 bits per heavy atom. The van der Waals surface area contributed by atoms with Crippen molar-refractivity contribution in [3.63, 3.8) is 0 Å². The van der Waals surface area contributed by atoms with E-state index < -0.39 is 11.5 Å². The van der Waals surface area contributed by atoms with Crippen LogP contribution in [0.25, 0.3) is 0 Å². The van der Waals surface area contributed by atoms with Crippen LogP contribution in [0.15, 0.2) is 0 Å². The van der Waals surface area contributed by atoms with Crippen LogP contribution >= 0.6 is 0 Å². The minimum Gasteiger partial charge on any atom is -0.480 e. The lowest BCUT2D eigenvalue weighted by molar-refractivity contribution is -0.145. The monoisotopic (exact) mass is 286 g/mol. The number of nitrogens with zero attached hydrogens (tertiary/aromatic N) is 1. The van der Waals surface area contributed by atoms with Gasteiger partial charge in [0, 0.05) is 6.54 Å². The van der Waals surface area contributed by atoms with Gasteiger partial charge in [-0.1, -0.05) is 34.6 Å². The molecule has 1 unspecified atom stereocenters. The Hall–Kier alpha value is -0.610. The second-order valence-corrected chi connectivity index (χ2v) is 6.81. The summed E-state index contributed by atoms with van der Waals surface area (Å²) in [6.07, 6.45) is 2.22. The molecule has 0 aromatic rings. The lowest BCUT2D eigenvalue weighted by atomic mass is 10.00. The highest BCUT2D eigenvalue weighted by Gasteiger charge is 2.34. The SMILES string of the molecule is CCNC(C)(CN(CCC(C)C)CCC(C)C)C(=O)O. The Bertz CT molecular complexity index is 268. The summed E-state index contributed by atoms with van der Waals surface area (Å²) in [6.45, 7) is 15.8. The molecule has 0 amide bonds. The molecule has 20 heavy (non-hydrogen) atoms. The van der Waals surface area contributed by atoms with Crippen molar-refractivity contribution in [3.8, 4) is 0 Å². The predicted molar refractivity (Wildman–Crippen MR) is 85.1 cm³/mol. The topological polar surface area (TPSA) is 52.6 Å². The minimum absolute atomic E-state index is 0.565. The Balaban J connectivity index is 4.68. The maximum Gasteiger partial charge on any atom is 0.324 e. The van der Waals surface area contributed by atoms with Gasteiger partial charge >= 0.3 is 5.97 Å². The standard InChI is InChI=1S/C16H34N2O2/c1-7-17-16(6,15(19)20)12-18(10-8-13(2)3)11-9-14(4)5/h13-14,17H,7-12H2,1-6H3,(H,19,20). The molecule has 0 saturated carbocycles. The molecule has 0 heterocycles. The molecule has 0 aliphatic rings. The largest absolute Gasteiger partial charge is 0.480 e. The molecule has 0 spiro atoms. The highest BCUT2D eigenvalue weighted by Crippen LogP contribution is 2.12. The van der Waals surface area contributed by atoms with Gasteiger partial charge in [-0.2, -0.15) is 0 Å². The minimum atomic E-state index is -0.858. The van der Waals surface area contributed by atoms with Crippen molar-refractivity contribution in [1.82, 2.24) is 10.2 Å². The van der Waals surface area contributed by atoms with Gasteiger partial charge in [-0.05, 0) is 51.2 Å². The van der Waals surface area contributed by atoms with Crippen molar-refractivity contribution >= 4 is 5.97 Å². The number of hydrogen-bond acceptors (Lipinski definition) is 3. The number of carboxylic acids is 1. The van der Waals surface area contributed by atoms with Crippen molar-refractivity contribution in [3.05, 3.63) is 0 Å². The van der Waals surface area contributed by atoms with E-state index >= 15 is 0 Å². The smallest absolute Gasteiger partial charge is 0.324 e. The van der Waals surface area contributed by atoms with E-state index in [9.17, 15) is 9.90 Å². The van der Waals surface area contributed by atoms with Crippen LogP contribution < -0.4 is 5.32 Å². The van der Waals surface area contributed by atoms with Crippen molar-refractivity contribution in [2.24, 2.45) is 11.8 Å². The Labute approximate surface area is 124 Å². The summed E-state index contributed by atoms with van der Waals surface area (Å²) in [4.78, 5) is 13.8. The fourth-order valence-corrected chi connectivity index (χ4v) is 2.19. The maximum atomic E-state index is 11.5. The number of carbonyl (C=O) groups is 1. The van der Waals surface area contributed by atoms with Gasteiger partial charge in [0.05, 0.1) is 0 Å². The van der Waals surface area contributed by atoms with Gasteiger partial charge < -0.3 is 15.3 Å². The van der Waals surface area contributed by atoms with Gasteiger partial charge in [-0.15, -0.1) is 0 Å². The third kappa shape index (κ3) is 7.85. The van der Waals surface area contributed by atoms with Crippen LogP contribution in [-0.4, -0.2) is 47.7 Å². The van der Waals surface area contributed by atoms with E-state index in [1.807, 2.05) is 6.92 Å². The third-order valence-corrected chi connectivity index (χ3v) is 3.62. The molecule has 0 radical (unpaired) electrons. The quantitative estimate of drug-likeness (QED) is 0.613. The van der Waals surface area contributed by atoms with E-state index in [0.29, 0.717) is 24.9 Å². The van der Waals surface area contributed by atoms with E-state index in [0.717, 1.165) is 25.9 Å². The highest BCUT2D eigenvalue weighted by atomic mass is 16.4. The molecular formula is C16H34N2O2. The second kappa shape index (κ2) is 9.35. The average Bonchev–Trinajstić information content (AvgIpc) is 2.32. The highest BCUT2D eigenvalue weighted by molar-refractivity contribution is 5.78. The van der Waals surface area contributed by atoms with Crippen LogP contribution in [0.5, 0.6) is 0 Å². The molecule has 2 N–H and O–H groups in total. The van der Waals surface area contributed by atoms with Crippen LogP contribution in [0.1, 0.15) is 54.4 Å². The molecule has 0 aliphatic carbocycles. The molecule has 0 rings (SSSR count). The van der Waals surface area contributed by atoms with Crippen molar-refractivity contribution < 1.29 is 9.90 Å². The summed E-state index contributed by atoms with van der Waals surface area (Å²) in [5.41, 5.74) is -0.858. The van der Waals surface area contributed by atoms with Gasteiger partial charge in [0.2, 0.25) is 0 Å². The molecule has 0 bridgehead atoms. The normalized spacial score (nSPS) is 15.1. The molecule has 0 aromatic heterocycles. The Morgan fingerprint density at radius 2 is 1.60 bits per heavy atom. The molecular weight excluding hydrogens is 252 g/mol. The lowest BCUT2D eigenvalue weighted by Crippen LogP contribution is -2.57. The van der Waals surface area contributed by atoms with Gasteiger partial charge in [0.1, 0.15) is 5.54 Å². The van der Waals surface area contributed by atoms with Crippen LogP contribution in [0.4, 0.5) is 0 Å². The van der Waals surface area contributed by atoms with Crippen molar-refractivity contribution in [2.45, 2.75) is 59.9 Å². The van der Waals surface area contributed by atoms with Gasteiger partial charge in [-0.25, -0.2) is 0 Å². The van der Waals surface area contributed by atoms with Gasteiger partial charge in [0.25, 0.3) is 0 Å². The molecule has 0 aromatic carbocycles. The first kappa shape index (κ1) is 19.4.